The normalized spacial score (nSPS) is 19.5. The minimum Gasteiger partial charge on any atom is -0.394 e. The first kappa shape index (κ1) is 27.2. The van der Waals surface area contributed by atoms with Gasteiger partial charge in [0.15, 0.2) is 22.7 Å². The van der Waals surface area contributed by atoms with Crippen molar-refractivity contribution >= 4 is 24.7 Å². The summed E-state index contributed by atoms with van der Waals surface area (Å²) in [5, 5.41) is 28.0. The highest BCUT2D eigenvalue weighted by Gasteiger charge is 2.46. The van der Waals surface area contributed by atoms with Crippen molar-refractivity contribution in [2.45, 2.75) is 70.2 Å². The second kappa shape index (κ2) is 10.1. The molecule has 0 fully saturated rings. The van der Waals surface area contributed by atoms with Crippen molar-refractivity contribution in [3.63, 3.8) is 0 Å². The molecular formula is C18H32N5O9P. The van der Waals surface area contributed by atoms with Gasteiger partial charge in [-0.25, -0.2) is 9.36 Å². The van der Waals surface area contributed by atoms with E-state index in [1.165, 1.54) is 6.92 Å². The number of imidazole rings is 1. The Morgan fingerprint density at radius 1 is 1.24 bits per heavy atom. The molecule has 14 nitrogen and oxygen atoms in total. The molecule has 2 aromatic rings. The molecule has 0 radical (unpaired) electrons. The summed E-state index contributed by atoms with van der Waals surface area (Å²) in [5.41, 5.74) is 2.42. The number of hydrogen-bond donors (Lipinski definition) is 7. The molecule has 0 aliphatic heterocycles. The van der Waals surface area contributed by atoms with Crippen molar-refractivity contribution in [2.24, 2.45) is 0 Å². The zero-order valence-corrected chi connectivity index (χ0v) is 19.8. The first-order valence-electron chi connectivity index (χ1n) is 10.4. The number of hydrogen-bond acceptors (Lipinski definition) is 10. The summed E-state index contributed by atoms with van der Waals surface area (Å²) in [6.07, 6.45) is -2.77. The SMILES string of the molecule is CCC(C)(CCO[C@H]([C@H](O)CO)n1c(=O)[nH]c2c(=O)[nH]c(N)nc21)OP(=O)(O)C(C)(O)CC. The summed E-state index contributed by atoms with van der Waals surface area (Å²) in [6.45, 7) is 5.04. The fourth-order valence-corrected chi connectivity index (χ4v) is 4.41. The van der Waals surface area contributed by atoms with Crippen LogP contribution in [0.1, 0.15) is 53.2 Å². The van der Waals surface area contributed by atoms with Crippen LogP contribution < -0.4 is 17.0 Å². The highest BCUT2D eigenvalue weighted by Crippen LogP contribution is 2.58. The van der Waals surface area contributed by atoms with E-state index < -0.39 is 48.7 Å². The number of H-pyrrole nitrogens is 2. The number of ether oxygens (including phenoxy) is 1. The van der Waals surface area contributed by atoms with Crippen LogP contribution >= 0.6 is 7.60 Å². The van der Waals surface area contributed by atoms with Crippen molar-refractivity contribution in [2.75, 3.05) is 18.9 Å². The summed E-state index contributed by atoms with van der Waals surface area (Å²) in [6, 6.07) is 0. The van der Waals surface area contributed by atoms with Crippen LogP contribution in [-0.4, -0.2) is 70.0 Å². The number of nitrogens with two attached hydrogens (primary N) is 1. The summed E-state index contributed by atoms with van der Waals surface area (Å²) in [5.74, 6) is -0.272. The Morgan fingerprint density at radius 3 is 2.42 bits per heavy atom. The third-order valence-electron chi connectivity index (χ3n) is 5.66. The summed E-state index contributed by atoms with van der Waals surface area (Å²) < 4.78 is 24.5. The van der Waals surface area contributed by atoms with Gasteiger partial charge in [-0.15, -0.1) is 0 Å². The number of nitrogen functional groups attached to an aromatic ring is 1. The van der Waals surface area contributed by atoms with Crippen LogP contribution in [-0.2, 0) is 13.8 Å². The number of rotatable bonds is 12. The summed E-state index contributed by atoms with van der Waals surface area (Å²) in [7, 11) is -4.43. The van der Waals surface area contributed by atoms with Gasteiger partial charge in [-0.05, 0) is 26.7 Å². The van der Waals surface area contributed by atoms with Crippen LogP contribution in [0.2, 0.25) is 0 Å². The van der Waals surface area contributed by atoms with E-state index in [0.29, 0.717) is 0 Å². The second-order valence-electron chi connectivity index (χ2n) is 8.20. The second-order valence-corrected chi connectivity index (χ2v) is 10.4. The maximum Gasteiger partial charge on any atom is 0.359 e. The van der Waals surface area contributed by atoms with Gasteiger partial charge < -0.3 is 35.2 Å². The number of aromatic nitrogens is 4. The Labute approximate surface area is 188 Å². The number of nitrogens with zero attached hydrogens (tertiary/aromatic N) is 2. The van der Waals surface area contributed by atoms with Gasteiger partial charge in [-0.3, -0.25) is 19.3 Å². The highest BCUT2D eigenvalue weighted by atomic mass is 31.2. The maximum atomic E-state index is 12.6. The summed E-state index contributed by atoms with van der Waals surface area (Å²) in [4.78, 5) is 43.3. The number of nitrogens with one attached hydrogen (secondary N) is 2. The Bertz CT molecular complexity index is 1130. The smallest absolute Gasteiger partial charge is 0.359 e. The molecule has 0 saturated carbocycles. The molecule has 0 bridgehead atoms. The van der Waals surface area contributed by atoms with Crippen LogP contribution in [0.5, 0.6) is 0 Å². The number of aliphatic hydroxyl groups excluding tert-OH is 2. The standard InChI is InChI=1S/C18H32N5O9P/c1-5-17(3,32-33(29,30)18(4,28)6-2)7-8-31-14(10(25)9-24)23-12-11(20-16(23)27)13(26)22-15(19)21-12/h10,14,24-25,28H,5-9H2,1-4H3,(H,20,27)(H,29,30)(H3,19,21,22,26)/t10-,14-,17?,18?/m1/s1. The van der Waals surface area contributed by atoms with Crippen LogP contribution in [0, 0.1) is 0 Å². The van der Waals surface area contributed by atoms with E-state index >= 15 is 0 Å². The minimum atomic E-state index is -4.43. The van der Waals surface area contributed by atoms with Gasteiger partial charge in [-0.2, -0.15) is 4.98 Å². The van der Waals surface area contributed by atoms with Gasteiger partial charge in [0.1, 0.15) is 6.10 Å². The molecular weight excluding hydrogens is 461 g/mol. The molecule has 3 unspecified atom stereocenters. The fourth-order valence-electron chi connectivity index (χ4n) is 2.99. The lowest BCUT2D eigenvalue weighted by atomic mass is 10.0. The maximum absolute atomic E-state index is 12.6. The van der Waals surface area contributed by atoms with E-state index in [1.807, 2.05) is 0 Å². The quantitative estimate of drug-likeness (QED) is 0.191. The Balaban J connectivity index is 2.31. The van der Waals surface area contributed by atoms with E-state index in [0.717, 1.165) is 4.57 Å². The lowest BCUT2D eigenvalue weighted by molar-refractivity contribution is -0.108. The molecule has 2 rings (SSSR count). The zero-order valence-electron chi connectivity index (χ0n) is 18.9. The topological polar surface area (TPSA) is 226 Å². The van der Waals surface area contributed by atoms with E-state index in [2.05, 4.69) is 15.0 Å². The summed E-state index contributed by atoms with van der Waals surface area (Å²) >= 11 is 0. The molecule has 33 heavy (non-hydrogen) atoms. The molecule has 2 heterocycles. The molecule has 0 spiro atoms. The molecule has 188 valence electrons. The van der Waals surface area contributed by atoms with Crippen LogP contribution in [0.4, 0.5) is 5.95 Å². The zero-order chi connectivity index (χ0) is 25.2. The fraction of sp³-hybridized carbons (Fsp3) is 0.722. The van der Waals surface area contributed by atoms with Crippen molar-refractivity contribution in [1.29, 1.82) is 0 Å². The lowest BCUT2D eigenvalue weighted by Gasteiger charge is -2.36. The van der Waals surface area contributed by atoms with Crippen LogP contribution in [0.15, 0.2) is 9.59 Å². The van der Waals surface area contributed by atoms with Crippen molar-refractivity contribution in [1.82, 2.24) is 19.5 Å². The number of anilines is 1. The molecule has 0 aliphatic carbocycles. The van der Waals surface area contributed by atoms with Crippen LogP contribution in [0.25, 0.3) is 11.2 Å². The number of aliphatic hydroxyl groups is 3. The Morgan fingerprint density at radius 2 is 1.88 bits per heavy atom. The molecule has 2 aromatic heterocycles. The molecule has 8 N–H and O–H groups in total. The third kappa shape index (κ3) is 5.72. The van der Waals surface area contributed by atoms with Gasteiger partial charge in [0, 0.05) is 6.42 Å². The third-order valence-corrected chi connectivity index (χ3v) is 7.88. The van der Waals surface area contributed by atoms with E-state index in [1.54, 1.807) is 20.8 Å². The number of fused-ring (bicyclic) bond motifs is 1. The Kier molecular flexibility index (Phi) is 8.28. The van der Waals surface area contributed by atoms with Crippen molar-refractivity contribution < 1.29 is 34.0 Å². The largest absolute Gasteiger partial charge is 0.394 e. The van der Waals surface area contributed by atoms with E-state index in [9.17, 15) is 34.4 Å². The number of aromatic amines is 2. The first-order valence-corrected chi connectivity index (χ1v) is 12.0. The first-order chi connectivity index (χ1) is 15.2. The predicted octanol–water partition coefficient (Wildman–Crippen LogP) is -0.257. The predicted molar refractivity (Wildman–Crippen MR) is 119 cm³/mol. The van der Waals surface area contributed by atoms with Gasteiger partial charge in [0.25, 0.3) is 5.56 Å². The average Bonchev–Trinajstić information content (AvgIpc) is 3.06. The highest BCUT2D eigenvalue weighted by molar-refractivity contribution is 7.54. The van der Waals surface area contributed by atoms with E-state index in [-0.39, 0.29) is 43.0 Å². The average molecular weight is 493 g/mol. The van der Waals surface area contributed by atoms with Gasteiger partial charge in [0.05, 0.1) is 18.8 Å². The van der Waals surface area contributed by atoms with Crippen LogP contribution in [0.3, 0.4) is 0 Å². The molecule has 5 atom stereocenters. The van der Waals surface area contributed by atoms with Gasteiger partial charge >= 0.3 is 13.3 Å². The van der Waals surface area contributed by atoms with Crippen molar-refractivity contribution in [3.05, 3.63) is 20.8 Å². The van der Waals surface area contributed by atoms with E-state index in [4.69, 9.17) is 15.0 Å². The monoisotopic (exact) mass is 493 g/mol. The van der Waals surface area contributed by atoms with Gasteiger partial charge in [0.2, 0.25) is 5.95 Å². The molecule has 0 aromatic carbocycles. The molecule has 0 amide bonds. The Hall–Kier alpha value is -2.06. The van der Waals surface area contributed by atoms with Gasteiger partial charge in [-0.1, -0.05) is 13.8 Å². The molecule has 0 saturated heterocycles. The molecule has 15 heteroatoms. The molecule has 0 aliphatic rings. The minimum absolute atomic E-state index is 0.0133. The van der Waals surface area contributed by atoms with Crippen molar-refractivity contribution in [3.8, 4) is 0 Å². The lowest BCUT2D eigenvalue weighted by Crippen LogP contribution is -2.37.